The van der Waals surface area contributed by atoms with Crippen molar-refractivity contribution < 1.29 is 14.3 Å². The number of carbonyl (C=O) groups excluding carboxylic acids is 2. The van der Waals surface area contributed by atoms with Crippen molar-refractivity contribution in [2.24, 2.45) is 0 Å². The van der Waals surface area contributed by atoms with Crippen molar-refractivity contribution in [3.8, 4) is 5.75 Å². The van der Waals surface area contributed by atoms with Crippen molar-refractivity contribution >= 4 is 34.8 Å². The fourth-order valence-electron chi connectivity index (χ4n) is 2.70. The average Bonchev–Trinajstić information content (AvgIpc) is 2.62. The molecule has 2 aromatic rings. The van der Waals surface area contributed by atoms with E-state index in [2.05, 4.69) is 5.32 Å². The summed E-state index contributed by atoms with van der Waals surface area (Å²) in [5.41, 5.74) is 3.10. The van der Waals surface area contributed by atoms with Crippen LogP contribution in [0.4, 0.5) is 11.4 Å². The molecule has 0 saturated heterocycles. The third-order valence-corrected chi connectivity index (χ3v) is 4.51. The number of nitrogens with zero attached hydrogens (tertiary/aromatic N) is 1. The molecule has 1 N–H and O–H groups in total. The zero-order valence-corrected chi connectivity index (χ0v) is 16.2. The van der Waals surface area contributed by atoms with Gasteiger partial charge in [0.25, 0.3) is 0 Å². The van der Waals surface area contributed by atoms with Gasteiger partial charge >= 0.3 is 0 Å². The minimum atomic E-state index is -0.314. The van der Waals surface area contributed by atoms with Crippen LogP contribution in [0, 0.1) is 6.92 Å². The van der Waals surface area contributed by atoms with Crippen LogP contribution in [0.2, 0.25) is 5.02 Å². The number of aryl methyl sites for hydroxylation is 2. The number of ether oxygens (including phenoxy) is 1. The van der Waals surface area contributed by atoms with Crippen LogP contribution in [0.1, 0.15) is 25.0 Å². The molecule has 0 atom stereocenters. The monoisotopic (exact) mass is 374 g/mol. The lowest BCUT2D eigenvalue weighted by Crippen LogP contribution is -2.37. The first kappa shape index (κ1) is 19.8. The number of anilines is 2. The fourth-order valence-corrected chi connectivity index (χ4v) is 2.86. The van der Waals surface area contributed by atoms with Crippen LogP contribution in [-0.2, 0) is 16.0 Å². The molecule has 0 aliphatic heterocycles. The summed E-state index contributed by atoms with van der Waals surface area (Å²) >= 11 is 6.09. The van der Waals surface area contributed by atoms with E-state index in [1.165, 1.54) is 18.9 Å². The quantitative estimate of drug-likeness (QED) is 0.823. The van der Waals surface area contributed by atoms with Crippen molar-refractivity contribution in [3.63, 3.8) is 0 Å². The van der Waals surface area contributed by atoms with Gasteiger partial charge in [0.1, 0.15) is 12.3 Å². The summed E-state index contributed by atoms with van der Waals surface area (Å²) in [6.45, 7) is 5.22. The van der Waals surface area contributed by atoms with Crippen molar-refractivity contribution in [3.05, 3.63) is 52.5 Å². The van der Waals surface area contributed by atoms with E-state index in [0.29, 0.717) is 16.5 Å². The van der Waals surface area contributed by atoms with Crippen LogP contribution in [0.5, 0.6) is 5.75 Å². The number of methoxy groups -OCH3 is 1. The molecule has 0 heterocycles. The highest BCUT2D eigenvalue weighted by Crippen LogP contribution is 2.31. The van der Waals surface area contributed by atoms with E-state index in [1.807, 2.05) is 38.1 Å². The second-order valence-corrected chi connectivity index (χ2v) is 6.34. The van der Waals surface area contributed by atoms with Crippen molar-refractivity contribution in [2.45, 2.75) is 27.2 Å². The zero-order valence-electron chi connectivity index (χ0n) is 15.4. The van der Waals surface area contributed by atoms with Gasteiger partial charge in [-0.3, -0.25) is 9.59 Å². The second kappa shape index (κ2) is 8.72. The number of benzene rings is 2. The molecule has 6 heteroatoms. The van der Waals surface area contributed by atoms with Gasteiger partial charge in [0.2, 0.25) is 11.8 Å². The maximum Gasteiger partial charge on any atom is 0.244 e. The zero-order chi connectivity index (χ0) is 19.3. The van der Waals surface area contributed by atoms with E-state index in [4.69, 9.17) is 16.3 Å². The van der Waals surface area contributed by atoms with Crippen LogP contribution in [0.3, 0.4) is 0 Å². The Kier molecular flexibility index (Phi) is 6.64. The molecule has 0 aliphatic carbocycles. The van der Waals surface area contributed by atoms with Crippen molar-refractivity contribution in [1.29, 1.82) is 0 Å². The van der Waals surface area contributed by atoms with Gasteiger partial charge in [0.05, 0.1) is 12.8 Å². The molecule has 0 aromatic heterocycles. The Morgan fingerprint density at radius 2 is 1.92 bits per heavy atom. The highest BCUT2D eigenvalue weighted by molar-refractivity contribution is 6.31. The molecule has 0 aliphatic rings. The molecule has 26 heavy (non-hydrogen) atoms. The fraction of sp³-hybridized carbons (Fsp3) is 0.300. The van der Waals surface area contributed by atoms with Crippen LogP contribution in [-0.4, -0.2) is 25.5 Å². The molecule has 0 bridgehead atoms. The number of halogens is 1. The molecule has 2 amide bonds. The standard InChI is InChI=1S/C20H23ClN2O3/c1-5-15-8-6-7-9-18(15)23(14(3)24)12-20(25)22-17-10-13(2)16(21)11-19(17)26-4/h6-11H,5,12H2,1-4H3,(H,22,25). The second-order valence-electron chi connectivity index (χ2n) is 5.94. The number of hydrogen-bond acceptors (Lipinski definition) is 3. The van der Waals surface area contributed by atoms with Gasteiger partial charge in [-0.15, -0.1) is 0 Å². The van der Waals surface area contributed by atoms with Gasteiger partial charge in [-0.05, 0) is 36.6 Å². The largest absolute Gasteiger partial charge is 0.495 e. The first-order valence-electron chi connectivity index (χ1n) is 8.37. The van der Waals surface area contributed by atoms with Crippen LogP contribution in [0.25, 0.3) is 0 Å². The van der Waals surface area contributed by atoms with Gasteiger partial charge in [-0.25, -0.2) is 0 Å². The van der Waals surface area contributed by atoms with Crippen molar-refractivity contribution in [2.75, 3.05) is 23.9 Å². The van der Waals surface area contributed by atoms with Crippen molar-refractivity contribution in [1.82, 2.24) is 0 Å². The highest BCUT2D eigenvalue weighted by atomic mass is 35.5. The van der Waals surface area contributed by atoms with E-state index in [9.17, 15) is 9.59 Å². The maximum absolute atomic E-state index is 12.6. The van der Waals surface area contributed by atoms with Gasteiger partial charge < -0.3 is 15.0 Å². The summed E-state index contributed by atoms with van der Waals surface area (Å²) in [4.78, 5) is 26.2. The highest BCUT2D eigenvalue weighted by Gasteiger charge is 2.19. The SMILES string of the molecule is CCc1ccccc1N(CC(=O)Nc1cc(C)c(Cl)cc1OC)C(C)=O. The number of nitrogens with one attached hydrogen (secondary N) is 1. The summed E-state index contributed by atoms with van der Waals surface area (Å²) in [6.07, 6.45) is 0.770. The lowest BCUT2D eigenvalue weighted by Gasteiger charge is -2.23. The van der Waals surface area contributed by atoms with Gasteiger partial charge in [0.15, 0.2) is 0 Å². The molecule has 5 nitrogen and oxygen atoms in total. The molecule has 0 saturated carbocycles. The molecule has 0 unspecified atom stereocenters. The minimum Gasteiger partial charge on any atom is -0.495 e. The Morgan fingerprint density at radius 3 is 2.54 bits per heavy atom. The summed E-state index contributed by atoms with van der Waals surface area (Å²) < 4.78 is 5.28. The predicted molar refractivity (Wildman–Crippen MR) is 105 cm³/mol. The number of rotatable bonds is 6. The lowest BCUT2D eigenvalue weighted by molar-refractivity contribution is -0.120. The molecule has 0 radical (unpaired) electrons. The van der Waals surface area contributed by atoms with Crippen LogP contribution < -0.4 is 15.0 Å². The van der Waals surface area contributed by atoms with E-state index in [0.717, 1.165) is 23.2 Å². The smallest absolute Gasteiger partial charge is 0.244 e. The van der Waals surface area contributed by atoms with Gasteiger partial charge in [-0.1, -0.05) is 36.7 Å². The molecule has 0 fully saturated rings. The average molecular weight is 375 g/mol. The first-order chi connectivity index (χ1) is 12.4. The third-order valence-electron chi connectivity index (χ3n) is 4.10. The first-order valence-corrected chi connectivity index (χ1v) is 8.75. The van der Waals surface area contributed by atoms with E-state index >= 15 is 0 Å². The van der Waals surface area contributed by atoms with E-state index < -0.39 is 0 Å². The third kappa shape index (κ3) is 4.55. The summed E-state index contributed by atoms with van der Waals surface area (Å²) in [5.74, 6) is -0.0382. The van der Waals surface area contributed by atoms with Gasteiger partial charge in [-0.2, -0.15) is 0 Å². The summed E-state index contributed by atoms with van der Waals surface area (Å²) in [7, 11) is 1.51. The predicted octanol–water partition coefficient (Wildman–Crippen LogP) is 4.21. The molecule has 138 valence electrons. The molecular weight excluding hydrogens is 352 g/mol. The number of para-hydroxylation sites is 1. The Balaban J connectivity index is 2.24. The van der Waals surface area contributed by atoms with E-state index in [-0.39, 0.29) is 18.4 Å². The number of carbonyl (C=O) groups is 2. The molecule has 2 rings (SSSR count). The Hall–Kier alpha value is -2.53. The summed E-state index contributed by atoms with van der Waals surface area (Å²) in [6, 6.07) is 11.0. The Bertz CT molecular complexity index is 821. The molecule has 2 aromatic carbocycles. The summed E-state index contributed by atoms with van der Waals surface area (Å²) in [5, 5.41) is 3.36. The molecular formula is C20H23ClN2O3. The Morgan fingerprint density at radius 1 is 1.23 bits per heavy atom. The van der Waals surface area contributed by atoms with E-state index in [1.54, 1.807) is 12.1 Å². The minimum absolute atomic E-state index is 0.0861. The Labute approximate surface area is 158 Å². The maximum atomic E-state index is 12.6. The topological polar surface area (TPSA) is 58.6 Å². The molecule has 0 spiro atoms. The van der Waals surface area contributed by atoms with Gasteiger partial charge in [0, 0.05) is 23.7 Å². The number of amides is 2. The van der Waals surface area contributed by atoms with Crippen LogP contribution >= 0.6 is 11.6 Å². The normalized spacial score (nSPS) is 10.3. The number of hydrogen-bond donors (Lipinski definition) is 1. The van der Waals surface area contributed by atoms with Crippen LogP contribution in [0.15, 0.2) is 36.4 Å². The lowest BCUT2D eigenvalue weighted by atomic mass is 10.1.